The summed E-state index contributed by atoms with van der Waals surface area (Å²) in [5, 5.41) is 0. The molecule has 5 nitrogen and oxygen atoms in total. The standard InChI is InChI=1S/C8H13N3O2/c1-5(2)13-8-10-6(9)4-7(11-8)12-3/h4-5H,1-3H3,(H2,9,10,11). The maximum Gasteiger partial charge on any atom is 0.321 e. The molecule has 0 saturated carbocycles. The Balaban J connectivity index is 2.88. The van der Waals surface area contributed by atoms with E-state index in [1.165, 1.54) is 13.2 Å². The van der Waals surface area contributed by atoms with Crippen LogP contribution in [0.1, 0.15) is 13.8 Å². The van der Waals surface area contributed by atoms with Crippen LogP contribution in [0.3, 0.4) is 0 Å². The Kier molecular flexibility index (Phi) is 2.89. The highest BCUT2D eigenvalue weighted by Crippen LogP contribution is 2.15. The van der Waals surface area contributed by atoms with Crippen molar-refractivity contribution in [1.82, 2.24) is 9.97 Å². The molecule has 2 N–H and O–H groups in total. The molecule has 0 saturated heterocycles. The molecule has 0 spiro atoms. The summed E-state index contributed by atoms with van der Waals surface area (Å²) in [4.78, 5) is 7.84. The number of nitrogens with zero attached hydrogens (tertiary/aromatic N) is 2. The zero-order chi connectivity index (χ0) is 9.84. The molecule has 1 heterocycles. The third-order valence-electron chi connectivity index (χ3n) is 1.25. The lowest BCUT2D eigenvalue weighted by molar-refractivity contribution is 0.219. The van der Waals surface area contributed by atoms with Gasteiger partial charge in [0.15, 0.2) is 0 Å². The summed E-state index contributed by atoms with van der Waals surface area (Å²) in [5.74, 6) is 0.741. The molecule has 0 radical (unpaired) electrons. The fourth-order valence-corrected chi connectivity index (χ4v) is 0.789. The largest absolute Gasteiger partial charge is 0.481 e. The minimum atomic E-state index is 0.0199. The predicted octanol–water partition coefficient (Wildman–Crippen LogP) is 0.855. The van der Waals surface area contributed by atoms with Crippen LogP contribution in [0.4, 0.5) is 5.82 Å². The van der Waals surface area contributed by atoms with E-state index in [-0.39, 0.29) is 12.1 Å². The van der Waals surface area contributed by atoms with Crippen molar-refractivity contribution in [2.75, 3.05) is 12.8 Å². The molecular formula is C8H13N3O2. The lowest BCUT2D eigenvalue weighted by Gasteiger charge is -2.08. The van der Waals surface area contributed by atoms with Crippen molar-refractivity contribution in [2.24, 2.45) is 0 Å². The zero-order valence-corrected chi connectivity index (χ0v) is 7.94. The number of nitrogens with two attached hydrogens (primary N) is 1. The summed E-state index contributed by atoms with van der Waals surface area (Å²) < 4.78 is 10.2. The third-order valence-corrected chi connectivity index (χ3v) is 1.25. The van der Waals surface area contributed by atoms with E-state index in [1.54, 1.807) is 0 Å². The van der Waals surface area contributed by atoms with E-state index in [0.29, 0.717) is 11.7 Å². The van der Waals surface area contributed by atoms with Gasteiger partial charge in [0.05, 0.1) is 13.2 Å². The molecule has 0 unspecified atom stereocenters. The third kappa shape index (κ3) is 2.77. The van der Waals surface area contributed by atoms with Crippen LogP contribution in [0.25, 0.3) is 0 Å². The van der Waals surface area contributed by atoms with Gasteiger partial charge in [-0.25, -0.2) is 0 Å². The second kappa shape index (κ2) is 3.93. The summed E-state index contributed by atoms with van der Waals surface area (Å²) in [6.45, 7) is 3.78. The van der Waals surface area contributed by atoms with Crippen molar-refractivity contribution in [1.29, 1.82) is 0 Å². The zero-order valence-electron chi connectivity index (χ0n) is 7.94. The molecule has 0 fully saturated rings. The molecule has 72 valence electrons. The number of ether oxygens (including phenoxy) is 2. The van der Waals surface area contributed by atoms with Crippen LogP contribution in [0.15, 0.2) is 6.07 Å². The van der Waals surface area contributed by atoms with Crippen molar-refractivity contribution >= 4 is 5.82 Å². The lowest BCUT2D eigenvalue weighted by atomic mass is 10.5. The fraction of sp³-hybridized carbons (Fsp3) is 0.500. The molecule has 0 aliphatic heterocycles. The monoisotopic (exact) mass is 183 g/mol. The van der Waals surface area contributed by atoms with Crippen molar-refractivity contribution in [3.05, 3.63) is 6.07 Å². The summed E-state index contributed by atoms with van der Waals surface area (Å²) in [7, 11) is 1.51. The van der Waals surface area contributed by atoms with Gasteiger partial charge in [-0.05, 0) is 13.8 Å². The number of methoxy groups -OCH3 is 1. The smallest absolute Gasteiger partial charge is 0.321 e. The van der Waals surface area contributed by atoms with Crippen molar-refractivity contribution in [2.45, 2.75) is 20.0 Å². The summed E-state index contributed by atoms with van der Waals surface area (Å²) >= 11 is 0. The number of hydrogen-bond donors (Lipinski definition) is 1. The second-order valence-corrected chi connectivity index (χ2v) is 2.78. The van der Waals surface area contributed by atoms with Gasteiger partial charge in [0.1, 0.15) is 5.82 Å². The maximum atomic E-state index is 5.50. The SMILES string of the molecule is COc1cc(N)nc(OC(C)C)n1. The Labute approximate surface area is 76.9 Å². The molecular weight excluding hydrogens is 170 g/mol. The Morgan fingerprint density at radius 1 is 1.38 bits per heavy atom. The summed E-state index contributed by atoms with van der Waals surface area (Å²) in [6.07, 6.45) is 0.0199. The maximum absolute atomic E-state index is 5.50. The first-order valence-electron chi connectivity index (χ1n) is 3.97. The number of hydrogen-bond acceptors (Lipinski definition) is 5. The van der Waals surface area contributed by atoms with Crippen molar-refractivity contribution in [3.8, 4) is 11.9 Å². The molecule has 0 aliphatic rings. The highest BCUT2D eigenvalue weighted by Gasteiger charge is 2.04. The fourth-order valence-electron chi connectivity index (χ4n) is 0.789. The van der Waals surface area contributed by atoms with Crippen LogP contribution in [-0.2, 0) is 0 Å². The molecule has 1 rings (SSSR count). The van der Waals surface area contributed by atoms with Gasteiger partial charge in [-0.1, -0.05) is 0 Å². The normalized spacial score (nSPS) is 10.2. The van der Waals surface area contributed by atoms with E-state index in [4.69, 9.17) is 15.2 Å². The summed E-state index contributed by atoms with van der Waals surface area (Å²) in [6, 6.07) is 1.78. The van der Waals surface area contributed by atoms with Gasteiger partial charge in [-0.15, -0.1) is 0 Å². The average molecular weight is 183 g/mol. The number of aromatic nitrogens is 2. The first-order valence-corrected chi connectivity index (χ1v) is 3.97. The van der Waals surface area contributed by atoms with Crippen LogP contribution in [0.5, 0.6) is 11.9 Å². The van der Waals surface area contributed by atoms with Gasteiger partial charge >= 0.3 is 6.01 Å². The van der Waals surface area contributed by atoms with E-state index in [1.807, 2.05) is 13.8 Å². The molecule has 5 heteroatoms. The van der Waals surface area contributed by atoms with Gasteiger partial charge in [-0.3, -0.25) is 0 Å². The van der Waals surface area contributed by atoms with Gasteiger partial charge in [-0.2, -0.15) is 9.97 Å². The Hall–Kier alpha value is -1.52. The lowest BCUT2D eigenvalue weighted by Crippen LogP contribution is -2.09. The van der Waals surface area contributed by atoms with Crippen LogP contribution in [0.2, 0.25) is 0 Å². The molecule has 1 aromatic heterocycles. The van der Waals surface area contributed by atoms with Crippen LogP contribution < -0.4 is 15.2 Å². The van der Waals surface area contributed by atoms with Crippen LogP contribution >= 0.6 is 0 Å². The number of nitrogen functional groups attached to an aromatic ring is 1. The predicted molar refractivity (Wildman–Crippen MR) is 48.8 cm³/mol. The van der Waals surface area contributed by atoms with Crippen LogP contribution in [-0.4, -0.2) is 23.2 Å². The second-order valence-electron chi connectivity index (χ2n) is 2.78. The highest BCUT2D eigenvalue weighted by atomic mass is 16.5. The van der Waals surface area contributed by atoms with Gasteiger partial charge in [0.25, 0.3) is 0 Å². The molecule has 0 amide bonds. The molecule has 0 aliphatic carbocycles. The van der Waals surface area contributed by atoms with E-state index in [9.17, 15) is 0 Å². The molecule has 0 bridgehead atoms. The Morgan fingerprint density at radius 3 is 2.62 bits per heavy atom. The van der Waals surface area contributed by atoms with E-state index in [2.05, 4.69) is 9.97 Å². The van der Waals surface area contributed by atoms with Crippen molar-refractivity contribution in [3.63, 3.8) is 0 Å². The highest BCUT2D eigenvalue weighted by molar-refractivity contribution is 5.34. The Bertz CT molecular complexity index is 289. The minimum Gasteiger partial charge on any atom is -0.481 e. The Morgan fingerprint density at radius 2 is 2.08 bits per heavy atom. The van der Waals surface area contributed by atoms with E-state index < -0.39 is 0 Å². The molecule has 13 heavy (non-hydrogen) atoms. The van der Waals surface area contributed by atoms with E-state index in [0.717, 1.165) is 0 Å². The minimum absolute atomic E-state index is 0.0199. The average Bonchev–Trinajstić information content (AvgIpc) is 2.01. The van der Waals surface area contributed by atoms with Gasteiger partial charge < -0.3 is 15.2 Å². The molecule has 1 aromatic rings. The summed E-state index contributed by atoms with van der Waals surface area (Å²) in [5.41, 5.74) is 5.50. The van der Waals surface area contributed by atoms with Crippen molar-refractivity contribution < 1.29 is 9.47 Å². The van der Waals surface area contributed by atoms with E-state index >= 15 is 0 Å². The topological polar surface area (TPSA) is 70.3 Å². The quantitative estimate of drug-likeness (QED) is 0.752. The molecule has 0 atom stereocenters. The van der Waals surface area contributed by atoms with Gasteiger partial charge in [0, 0.05) is 6.07 Å². The first kappa shape index (κ1) is 9.57. The first-order chi connectivity index (χ1) is 6.11. The number of rotatable bonds is 3. The molecule has 0 aromatic carbocycles. The van der Waals surface area contributed by atoms with Gasteiger partial charge in [0.2, 0.25) is 5.88 Å². The number of anilines is 1. The van der Waals surface area contributed by atoms with Crippen LogP contribution in [0, 0.1) is 0 Å².